The molecule has 0 radical (unpaired) electrons. The third-order valence-corrected chi connectivity index (χ3v) is 7.25. The van der Waals surface area contributed by atoms with Gasteiger partial charge in [0.25, 0.3) is 5.56 Å². The van der Waals surface area contributed by atoms with Gasteiger partial charge in [0.15, 0.2) is 17.3 Å². The van der Waals surface area contributed by atoms with Gasteiger partial charge < -0.3 is 13.9 Å². The molecule has 0 saturated carbocycles. The highest BCUT2D eigenvalue weighted by atomic mass is 35.5. The van der Waals surface area contributed by atoms with E-state index in [4.69, 9.17) is 30.5 Å². The van der Waals surface area contributed by atoms with Crippen LogP contribution in [-0.2, 0) is 13.0 Å². The maximum Gasteiger partial charge on any atom is 0.282 e. The predicted octanol–water partition coefficient (Wildman–Crippen LogP) is 7.97. The Hall–Kier alpha value is -5.14. The maximum absolute atomic E-state index is 13.7. The van der Waals surface area contributed by atoms with Gasteiger partial charge in [-0.05, 0) is 73.0 Å². The number of methoxy groups -OCH3 is 1. The fourth-order valence-corrected chi connectivity index (χ4v) is 5.04. The van der Waals surface area contributed by atoms with Crippen molar-refractivity contribution in [2.45, 2.75) is 20.0 Å². The quantitative estimate of drug-likeness (QED) is 0.126. The minimum absolute atomic E-state index is 0.267. The summed E-state index contributed by atoms with van der Waals surface area (Å²) in [7, 11) is 1.59. The first-order valence-electron chi connectivity index (χ1n) is 13.7. The van der Waals surface area contributed by atoms with Crippen molar-refractivity contribution in [1.29, 1.82) is 0 Å². The number of aryl methyl sites for hydroxylation is 1. The summed E-state index contributed by atoms with van der Waals surface area (Å²) in [6.45, 7) is 6.35. The molecule has 8 heteroatoms. The van der Waals surface area contributed by atoms with Crippen molar-refractivity contribution in [3.05, 3.63) is 135 Å². The first kappa shape index (κ1) is 28.0. The highest BCUT2D eigenvalue weighted by molar-refractivity contribution is 6.31. The number of aromatic nitrogens is 2. The Morgan fingerprint density at radius 1 is 1.05 bits per heavy atom. The summed E-state index contributed by atoms with van der Waals surface area (Å²) in [5, 5.41) is 6.42. The van der Waals surface area contributed by atoms with E-state index in [0.717, 1.165) is 16.5 Å². The molecule has 4 aromatic carbocycles. The number of hydrogen-bond acceptors (Lipinski definition) is 6. The molecule has 0 spiro atoms. The standard InChI is InChI=1S/C35H28ClN3O4/c1-4-7-25-16-24(17-31(41-3)33(25)42-21-23-12-10-22(2)11-13-23)20-37-39-34(38-29-9-6-5-8-28(29)35(39)40)32-19-26-18-27(36)14-15-30(26)43-32/h4-6,8-20H,1,7,21H2,2-3H3. The Morgan fingerprint density at radius 3 is 2.65 bits per heavy atom. The Labute approximate surface area is 253 Å². The summed E-state index contributed by atoms with van der Waals surface area (Å²) in [5.41, 5.74) is 4.65. The fraction of sp³-hybridized carbons (Fsp3) is 0.114. The molecule has 0 fully saturated rings. The predicted molar refractivity (Wildman–Crippen MR) is 172 cm³/mol. The first-order chi connectivity index (χ1) is 20.9. The molecule has 0 N–H and O–H groups in total. The zero-order chi connectivity index (χ0) is 29.9. The topological polar surface area (TPSA) is 78.9 Å². The van der Waals surface area contributed by atoms with Crippen LogP contribution < -0.4 is 15.0 Å². The third kappa shape index (κ3) is 5.80. The number of benzene rings is 4. The molecule has 43 heavy (non-hydrogen) atoms. The van der Waals surface area contributed by atoms with E-state index in [9.17, 15) is 4.79 Å². The Morgan fingerprint density at radius 2 is 1.86 bits per heavy atom. The van der Waals surface area contributed by atoms with Crippen molar-refractivity contribution in [1.82, 2.24) is 9.66 Å². The monoisotopic (exact) mass is 589 g/mol. The van der Waals surface area contributed by atoms with Crippen molar-refractivity contribution in [2.75, 3.05) is 7.11 Å². The van der Waals surface area contributed by atoms with E-state index in [2.05, 4.69) is 23.8 Å². The van der Waals surface area contributed by atoms with Crippen LogP contribution in [0.3, 0.4) is 0 Å². The second-order valence-electron chi connectivity index (χ2n) is 10.1. The van der Waals surface area contributed by atoms with Crippen LogP contribution >= 0.6 is 11.6 Å². The van der Waals surface area contributed by atoms with Gasteiger partial charge in [0.2, 0.25) is 5.82 Å². The molecule has 0 aliphatic heterocycles. The fourth-order valence-electron chi connectivity index (χ4n) is 4.86. The van der Waals surface area contributed by atoms with Crippen LogP contribution in [0.15, 0.2) is 112 Å². The number of para-hydroxylation sites is 1. The second kappa shape index (κ2) is 12.0. The maximum atomic E-state index is 13.7. The average Bonchev–Trinajstić information content (AvgIpc) is 3.44. The van der Waals surface area contributed by atoms with Crippen molar-refractivity contribution < 1.29 is 13.9 Å². The van der Waals surface area contributed by atoms with Crippen LogP contribution in [0.25, 0.3) is 33.5 Å². The molecular weight excluding hydrogens is 562 g/mol. The second-order valence-corrected chi connectivity index (χ2v) is 10.5. The number of rotatable bonds is 9. The van der Waals surface area contributed by atoms with Gasteiger partial charge in [0.1, 0.15) is 12.2 Å². The van der Waals surface area contributed by atoms with E-state index in [-0.39, 0.29) is 11.4 Å². The summed E-state index contributed by atoms with van der Waals surface area (Å²) in [6, 6.07) is 26.2. The Bertz CT molecular complexity index is 2060. The van der Waals surface area contributed by atoms with Crippen LogP contribution in [0.5, 0.6) is 11.5 Å². The highest BCUT2D eigenvalue weighted by Crippen LogP contribution is 2.34. The zero-order valence-electron chi connectivity index (χ0n) is 23.7. The van der Waals surface area contributed by atoms with Gasteiger partial charge in [0, 0.05) is 16.0 Å². The molecule has 6 rings (SSSR count). The molecule has 0 unspecified atom stereocenters. The molecule has 7 nitrogen and oxygen atoms in total. The van der Waals surface area contributed by atoms with E-state index in [0.29, 0.717) is 57.4 Å². The molecule has 214 valence electrons. The van der Waals surface area contributed by atoms with Crippen LogP contribution in [0.2, 0.25) is 5.02 Å². The van der Waals surface area contributed by atoms with Gasteiger partial charge in [-0.1, -0.05) is 59.6 Å². The lowest BCUT2D eigenvalue weighted by molar-refractivity contribution is 0.282. The number of halogens is 1. The van der Waals surface area contributed by atoms with E-state index in [1.807, 2.05) is 37.3 Å². The first-order valence-corrected chi connectivity index (χ1v) is 14.1. The molecule has 0 bridgehead atoms. The number of ether oxygens (including phenoxy) is 2. The van der Waals surface area contributed by atoms with Crippen molar-refractivity contribution in [2.24, 2.45) is 5.10 Å². The molecule has 0 saturated heterocycles. The van der Waals surface area contributed by atoms with Gasteiger partial charge in [-0.3, -0.25) is 4.79 Å². The lowest BCUT2D eigenvalue weighted by Crippen LogP contribution is -2.20. The van der Waals surface area contributed by atoms with Crippen molar-refractivity contribution >= 4 is 39.7 Å². The van der Waals surface area contributed by atoms with Gasteiger partial charge in [-0.2, -0.15) is 9.78 Å². The number of hydrogen-bond donors (Lipinski definition) is 0. The van der Waals surface area contributed by atoms with Gasteiger partial charge in [-0.25, -0.2) is 4.98 Å². The molecule has 2 heterocycles. The van der Waals surface area contributed by atoms with E-state index < -0.39 is 0 Å². The number of fused-ring (bicyclic) bond motifs is 2. The SMILES string of the molecule is C=CCc1cc(C=Nn2c(-c3cc4cc(Cl)ccc4o3)nc3ccccc3c2=O)cc(OC)c1OCc1ccc(C)cc1. The smallest absolute Gasteiger partial charge is 0.282 e. The lowest BCUT2D eigenvalue weighted by atomic mass is 10.1. The van der Waals surface area contributed by atoms with Crippen LogP contribution in [0.1, 0.15) is 22.3 Å². The molecular formula is C35H28ClN3O4. The lowest BCUT2D eigenvalue weighted by Gasteiger charge is -2.16. The summed E-state index contributed by atoms with van der Waals surface area (Å²) < 4.78 is 19.3. The third-order valence-electron chi connectivity index (χ3n) is 7.02. The molecule has 0 atom stereocenters. The molecule has 6 aromatic rings. The summed E-state index contributed by atoms with van der Waals surface area (Å²) >= 11 is 6.19. The summed E-state index contributed by atoms with van der Waals surface area (Å²) in [6.07, 6.45) is 3.95. The normalized spacial score (nSPS) is 11.4. The minimum Gasteiger partial charge on any atom is -0.493 e. The largest absolute Gasteiger partial charge is 0.493 e. The zero-order valence-corrected chi connectivity index (χ0v) is 24.5. The Kier molecular flexibility index (Phi) is 7.81. The van der Waals surface area contributed by atoms with E-state index in [1.165, 1.54) is 10.2 Å². The van der Waals surface area contributed by atoms with Crippen molar-refractivity contribution in [3.8, 4) is 23.1 Å². The highest BCUT2D eigenvalue weighted by Gasteiger charge is 2.17. The van der Waals surface area contributed by atoms with Crippen LogP contribution in [0.4, 0.5) is 0 Å². The van der Waals surface area contributed by atoms with Gasteiger partial charge in [0.05, 0.1) is 24.2 Å². The average molecular weight is 590 g/mol. The van der Waals surface area contributed by atoms with E-state index in [1.54, 1.807) is 61.9 Å². The molecule has 0 amide bonds. The molecule has 0 aliphatic carbocycles. The number of furan rings is 1. The molecule has 0 aliphatic rings. The number of allylic oxidation sites excluding steroid dienone is 1. The number of nitrogens with zero attached hydrogens (tertiary/aromatic N) is 3. The summed E-state index contributed by atoms with van der Waals surface area (Å²) in [4.78, 5) is 18.4. The Balaban J connectivity index is 1.42. The van der Waals surface area contributed by atoms with Crippen molar-refractivity contribution in [3.63, 3.8) is 0 Å². The summed E-state index contributed by atoms with van der Waals surface area (Å²) in [5.74, 6) is 1.84. The van der Waals surface area contributed by atoms with Gasteiger partial charge >= 0.3 is 0 Å². The minimum atomic E-state index is -0.327. The van der Waals surface area contributed by atoms with E-state index >= 15 is 0 Å². The van der Waals surface area contributed by atoms with Crippen LogP contribution in [0, 0.1) is 6.92 Å². The van der Waals surface area contributed by atoms with Crippen LogP contribution in [-0.4, -0.2) is 23.0 Å². The molecule has 2 aromatic heterocycles. The van der Waals surface area contributed by atoms with Gasteiger partial charge in [-0.15, -0.1) is 6.58 Å².